The first-order chi connectivity index (χ1) is 5.65. The molecule has 0 aliphatic rings. The van der Waals surface area contributed by atoms with E-state index in [4.69, 9.17) is 10.8 Å². The number of carboxylic acid groups (broad SMARTS) is 1. The van der Waals surface area contributed by atoms with Crippen molar-refractivity contribution in [2.45, 2.75) is 19.4 Å². The van der Waals surface area contributed by atoms with Crippen LogP contribution >= 0.6 is 11.3 Å². The molecule has 0 spiro atoms. The number of hydrogen-bond donors (Lipinski definition) is 2. The van der Waals surface area contributed by atoms with Crippen LogP contribution < -0.4 is 5.73 Å². The summed E-state index contributed by atoms with van der Waals surface area (Å²) < 4.78 is 0. The van der Waals surface area contributed by atoms with Crippen molar-refractivity contribution in [2.75, 3.05) is 0 Å². The van der Waals surface area contributed by atoms with Crippen molar-refractivity contribution in [2.24, 2.45) is 5.73 Å². The first-order valence-electron chi connectivity index (χ1n) is 3.73. The Hall–Kier alpha value is -0.870. The number of nitrogens with two attached hydrogens (primary N) is 1. The number of aromatic carboxylic acids is 1. The van der Waals surface area contributed by atoms with E-state index in [-0.39, 0.29) is 6.04 Å². The first-order valence-corrected chi connectivity index (χ1v) is 4.55. The normalized spacial score (nSPS) is 12.8. The van der Waals surface area contributed by atoms with Crippen LogP contribution in [0.3, 0.4) is 0 Å². The van der Waals surface area contributed by atoms with Crippen molar-refractivity contribution in [3.8, 4) is 0 Å². The number of thiophene rings is 1. The third-order valence-corrected chi connectivity index (χ3v) is 2.85. The zero-order valence-electron chi connectivity index (χ0n) is 6.78. The topological polar surface area (TPSA) is 63.3 Å². The van der Waals surface area contributed by atoms with E-state index in [0.717, 1.165) is 11.3 Å². The summed E-state index contributed by atoms with van der Waals surface area (Å²) in [6, 6.07) is 3.35. The highest BCUT2D eigenvalue weighted by molar-refractivity contribution is 7.14. The van der Waals surface area contributed by atoms with E-state index in [1.807, 2.05) is 6.92 Å². The molecule has 3 nitrogen and oxygen atoms in total. The molecular formula is C8H11NO2S. The zero-order chi connectivity index (χ0) is 9.14. The minimum atomic E-state index is -0.880. The Bertz CT molecular complexity index is 282. The van der Waals surface area contributed by atoms with Crippen LogP contribution in [0.2, 0.25) is 0 Å². The molecule has 4 heteroatoms. The molecule has 3 N–H and O–H groups in total. The second-order valence-electron chi connectivity index (χ2n) is 2.52. The minimum absolute atomic E-state index is 0.0249. The Balaban J connectivity index is 2.84. The van der Waals surface area contributed by atoms with Crippen LogP contribution in [0, 0.1) is 0 Å². The van der Waals surface area contributed by atoms with E-state index in [9.17, 15) is 4.79 Å². The molecule has 0 amide bonds. The molecule has 1 unspecified atom stereocenters. The maximum atomic E-state index is 10.5. The number of carbonyl (C=O) groups is 1. The molecule has 0 fully saturated rings. The summed E-state index contributed by atoms with van der Waals surface area (Å²) in [7, 11) is 0. The molecule has 12 heavy (non-hydrogen) atoms. The van der Waals surface area contributed by atoms with Gasteiger partial charge in [-0.2, -0.15) is 0 Å². The second-order valence-corrected chi connectivity index (χ2v) is 3.64. The van der Waals surface area contributed by atoms with Crippen LogP contribution in [0.4, 0.5) is 0 Å². The van der Waals surface area contributed by atoms with Crippen LogP contribution in [-0.4, -0.2) is 11.1 Å². The Kier molecular flexibility index (Phi) is 2.83. The summed E-state index contributed by atoms with van der Waals surface area (Å²) in [6.45, 7) is 1.98. The quantitative estimate of drug-likeness (QED) is 0.755. The summed E-state index contributed by atoms with van der Waals surface area (Å²) in [4.78, 5) is 11.8. The van der Waals surface area contributed by atoms with Gasteiger partial charge >= 0.3 is 5.97 Å². The molecule has 1 heterocycles. The van der Waals surface area contributed by atoms with Gasteiger partial charge in [-0.3, -0.25) is 0 Å². The van der Waals surface area contributed by atoms with E-state index in [1.54, 1.807) is 12.1 Å². The van der Waals surface area contributed by atoms with Gasteiger partial charge in [0.2, 0.25) is 0 Å². The summed E-state index contributed by atoms with van der Waals surface area (Å²) in [5.41, 5.74) is 5.73. The molecule has 0 bridgehead atoms. The predicted molar refractivity (Wildman–Crippen MR) is 48.5 cm³/mol. The Labute approximate surface area is 74.8 Å². The summed E-state index contributed by atoms with van der Waals surface area (Å²) >= 11 is 1.25. The molecule has 0 saturated carbocycles. The van der Waals surface area contributed by atoms with Crippen molar-refractivity contribution >= 4 is 17.3 Å². The maximum Gasteiger partial charge on any atom is 0.345 e. The monoisotopic (exact) mass is 185 g/mol. The van der Waals surface area contributed by atoms with E-state index in [2.05, 4.69) is 0 Å². The van der Waals surface area contributed by atoms with Crippen LogP contribution in [0.15, 0.2) is 12.1 Å². The largest absolute Gasteiger partial charge is 0.477 e. The Morgan fingerprint density at radius 3 is 2.83 bits per heavy atom. The first kappa shape index (κ1) is 9.22. The predicted octanol–water partition coefficient (Wildman–Crippen LogP) is 1.86. The molecular weight excluding hydrogens is 174 g/mol. The van der Waals surface area contributed by atoms with Gasteiger partial charge in [0.05, 0.1) is 0 Å². The van der Waals surface area contributed by atoms with Gasteiger partial charge in [0.15, 0.2) is 0 Å². The fraction of sp³-hybridized carbons (Fsp3) is 0.375. The summed E-state index contributed by atoms with van der Waals surface area (Å²) in [5.74, 6) is -0.880. The van der Waals surface area contributed by atoms with Gasteiger partial charge in [0, 0.05) is 10.9 Å². The molecule has 0 aliphatic heterocycles. The van der Waals surface area contributed by atoms with Crippen molar-refractivity contribution in [1.82, 2.24) is 0 Å². The third-order valence-electron chi connectivity index (χ3n) is 1.64. The SMILES string of the molecule is CCC(N)c1ccc(C(=O)O)s1. The van der Waals surface area contributed by atoms with E-state index in [0.29, 0.717) is 4.88 Å². The van der Waals surface area contributed by atoms with Crippen LogP contribution in [0.1, 0.15) is 33.9 Å². The van der Waals surface area contributed by atoms with Crippen molar-refractivity contribution < 1.29 is 9.90 Å². The van der Waals surface area contributed by atoms with Gasteiger partial charge in [0.1, 0.15) is 4.88 Å². The van der Waals surface area contributed by atoms with Crippen molar-refractivity contribution in [3.05, 3.63) is 21.9 Å². The molecule has 0 aromatic carbocycles. The number of carboxylic acids is 1. The van der Waals surface area contributed by atoms with Gasteiger partial charge in [-0.1, -0.05) is 6.92 Å². The lowest BCUT2D eigenvalue weighted by atomic mass is 10.2. The molecule has 1 rings (SSSR count). The standard InChI is InChI=1S/C8H11NO2S/c1-2-5(9)6-3-4-7(12-6)8(10)11/h3-5H,2,9H2,1H3,(H,10,11). The molecule has 66 valence electrons. The lowest BCUT2D eigenvalue weighted by molar-refractivity contribution is 0.0702. The third kappa shape index (κ3) is 1.84. The highest BCUT2D eigenvalue weighted by Crippen LogP contribution is 2.23. The lowest BCUT2D eigenvalue weighted by Gasteiger charge is -2.03. The molecule has 1 atom stereocenters. The average Bonchev–Trinajstić information content (AvgIpc) is 2.51. The molecule has 1 aromatic rings. The highest BCUT2D eigenvalue weighted by atomic mass is 32.1. The summed E-state index contributed by atoms with van der Waals surface area (Å²) in [6.07, 6.45) is 0.833. The molecule has 0 radical (unpaired) electrons. The molecule has 0 saturated heterocycles. The number of hydrogen-bond acceptors (Lipinski definition) is 3. The zero-order valence-corrected chi connectivity index (χ0v) is 7.60. The minimum Gasteiger partial charge on any atom is -0.477 e. The lowest BCUT2D eigenvalue weighted by Crippen LogP contribution is -2.05. The highest BCUT2D eigenvalue weighted by Gasteiger charge is 2.10. The van der Waals surface area contributed by atoms with Gasteiger partial charge in [0.25, 0.3) is 0 Å². The van der Waals surface area contributed by atoms with Crippen LogP contribution in [0.5, 0.6) is 0 Å². The van der Waals surface area contributed by atoms with Crippen molar-refractivity contribution in [3.63, 3.8) is 0 Å². The van der Waals surface area contributed by atoms with Gasteiger partial charge in [-0.05, 0) is 18.6 Å². The average molecular weight is 185 g/mol. The van der Waals surface area contributed by atoms with Crippen LogP contribution in [0.25, 0.3) is 0 Å². The summed E-state index contributed by atoms with van der Waals surface area (Å²) in [5, 5.41) is 8.62. The Morgan fingerprint density at radius 2 is 2.42 bits per heavy atom. The van der Waals surface area contributed by atoms with E-state index >= 15 is 0 Å². The van der Waals surface area contributed by atoms with Crippen LogP contribution in [-0.2, 0) is 0 Å². The second kappa shape index (κ2) is 3.69. The fourth-order valence-corrected chi connectivity index (χ4v) is 1.80. The fourth-order valence-electron chi connectivity index (χ4n) is 0.868. The van der Waals surface area contributed by atoms with E-state index < -0.39 is 5.97 Å². The van der Waals surface area contributed by atoms with Gasteiger partial charge in [-0.25, -0.2) is 4.79 Å². The molecule has 0 aliphatic carbocycles. The smallest absolute Gasteiger partial charge is 0.345 e. The maximum absolute atomic E-state index is 10.5. The number of rotatable bonds is 3. The van der Waals surface area contributed by atoms with E-state index in [1.165, 1.54) is 11.3 Å². The van der Waals surface area contributed by atoms with Crippen molar-refractivity contribution in [1.29, 1.82) is 0 Å². The van der Waals surface area contributed by atoms with Gasteiger partial charge in [-0.15, -0.1) is 11.3 Å². The Morgan fingerprint density at radius 1 is 1.75 bits per heavy atom. The molecule has 1 aromatic heterocycles. The van der Waals surface area contributed by atoms with Gasteiger partial charge < -0.3 is 10.8 Å².